The van der Waals surface area contributed by atoms with Crippen LogP contribution in [0, 0.1) is 5.92 Å². The Balaban J connectivity index is 1.94. The minimum Gasteiger partial charge on any atom is -0.480 e. The molecule has 2 rings (SSSR count). The van der Waals surface area contributed by atoms with Gasteiger partial charge in [-0.3, -0.25) is 9.48 Å². The highest BCUT2D eigenvalue weighted by Gasteiger charge is 2.22. The van der Waals surface area contributed by atoms with E-state index < -0.39 is 12.0 Å². The molecule has 20 heavy (non-hydrogen) atoms. The number of amides is 1. The lowest BCUT2D eigenvalue weighted by atomic mass is 9.87. The first-order valence-corrected chi connectivity index (χ1v) is 7.06. The summed E-state index contributed by atoms with van der Waals surface area (Å²) in [6.07, 6.45) is 5.79. The molecule has 2 N–H and O–H groups in total. The van der Waals surface area contributed by atoms with Gasteiger partial charge in [-0.25, -0.2) is 4.79 Å². The van der Waals surface area contributed by atoms with E-state index in [0.29, 0.717) is 0 Å². The van der Waals surface area contributed by atoms with Gasteiger partial charge in [0.25, 0.3) is 5.91 Å². The van der Waals surface area contributed by atoms with Crippen LogP contribution in [-0.4, -0.2) is 32.8 Å². The largest absolute Gasteiger partial charge is 0.480 e. The molecule has 6 nitrogen and oxygen atoms in total. The van der Waals surface area contributed by atoms with E-state index in [9.17, 15) is 9.59 Å². The van der Waals surface area contributed by atoms with E-state index in [1.165, 1.54) is 17.8 Å². The van der Waals surface area contributed by atoms with Crippen LogP contribution in [0.1, 0.15) is 56.1 Å². The predicted octanol–water partition coefficient (Wildman–Crippen LogP) is 1.84. The quantitative estimate of drug-likeness (QED) is 0.880. The van der Waals surface area contributed by atoms with Gasteiger partial charge in [0.1, 0.15) is 11.7 Å². The van der Waals surface area contributed by atoms with E-state index in [0.717, 1.165) is 31.6 Å². The maximum atomic E-state index is 12.1. The molecule has 1 saturated carbocycles. The van der Waals surface area contributed by atoms with Crippen LogP contribution in [0.3, 0.4) is 0 Å². The van der Waals surface area contributed by atoms with Gasteiger partial charge in [-0.05, 0) is 44.6 Å². The van der Waals surface area contributed by atoms with Crippen molar-refractivity contribution in [1.29, 1.82) is 0 Å². The molecule has 1 aliphatic carbocycles. The van der Waals surface area contributed by atoms with Crippen molar-refractivity contribution >= 4 is 11.9 Å². The zero-order chi connectivity index (χ0) is 14.7. The van der Waals surface area contributed by atoms with E-state index >= 15 is 0 Å². The van der Waals surface area contributed by atoms with Gasteiger partial charge in [0.05, 0.1) is 0 Å². The summed E-state index contributed by atoms with van der Waals surface area (Å²) >= 11 is 0. The molecule has 6 heteroatoms. The van der Waals surface area contributed by atoms with Gasteiger partial charge in [-0.2, -0.15) is 5.10 Å². The third-order valence-electron chi connectivity index (χ3n) is 3.95. The molecule has 1 amide bonds. The van der Waals surface area contributed by atoms with Gasteiger partial charge in [0, 0.05) is 12.2 Å². The Morgan fingerprint density at radius 2 is 2.05 bits per heavy atom. The molecule has 0 radical (unpaired) electrons. The number of aliphatic carboxylic acids is 1. The number of hydrogen-bond donors (Lipinski definition) is 2. The van der Waals surface area contributed by atoms with Crippen LogP contribution in [0.5, 0.6) is 0 Å². The highest BCUT2D eigenvalue weighted by atomic mass is 16.4. The van der Waals surface area contributed by atoms with Crippen molar-refractivity contribution in [3.63, 3.8) is 0 Å². The summed E-state index contributed by atoms with van der Waals surface area (Å²) in [4.78, 5) is 22.9. The van der Waals surface area contributed by atoms with Crippen LogP contribution in [0.15, 0.2) is 12.3 Å². The number of carboxylic acid groups (broad SMARTS) is 1. The molecule has 1 atom stereocenters. The molecule has 0 saturated heterocycles. The molecule has 0 aromatic carbocycles. The fraction of sp³-hybridized carbons (Fsp3) is 0.643. The van der Waals surface area contributed by atoms with Crippen molar-refractivity contribution in [3.8, 4) is 0 Å². The molecule has 0 bridgehead atoms. The van der Waals surface area contributed by atoms with Crippen LogP contribution in [0.2, 0.25) is 0 Å². The standard InChI is InChI=1S/C14H21N3O3/c1-9-3-5-11(6-4-9)15-13(18)12-7-8-17(16-12)10(2)14(19)20/h7-11H,3-6H2,1-2H3,(H,15,18)(H,19,20). The lowest BCUT2D eigenvalue weighted by molar-refractivity contribution is -0.140. The summed E-state index contributed by atoms with van der Waals surface area (Å²) in [5.74, 6) is -0.457. The molecule has 0 spiro atoms. The zero-order valence-electron chi connectivity index (χ0n) is 11.9. The molecule has 1 heterocycles. The molecule has 1 aromatic rings. The number of aromatic nitrogens is 2. The average Bonchev–Trinajstić information content (AvgIpc) is 2.90. The summed E-state index contributed by atoms with van der Waals surface area (Å²) in [6, 6.07) is 0.994. The second-order valence-corrected chi connectivity index (χ2v) is 5.63. The van der Waals surface area contributed by atoms with E-state index in [1.807, 2.05) is 0 Å². The summed E-state index contributed by atoms with van der Waals surface area (Å²) in [7, 11) is 0. The maximum Gasteiger partial charge on any atom is 0.328 e. The van der Waals surface area contributed by atoms with E-state index in [-0.39, 0.29) is 17.6 Å². The van der Waals surface area contributed by atoms with Gasteiger partial charge in [0.2, 0.25) is 0 Å². The molecule has 0 aliphatic heterocycles. The summed E-state index contributed by atoms with van der Waals surface area (Å²) in [6.45, 7) is 3.76. The third-order valence-corrected chi connectivity index (χ3v) is 3.95. The zero-order valence-corrected chi connectivity index (χ0v) is 11.9. The maximum absolute atomic E-state index is 12.1. The fourth-order valence-corrected chi connectivity index (χ4v) is 2.45. The number of nitrogens with zero attached hydrogens (tertiary/aromatic N) is 2. The topological polar surface area (TPSA) is 84.2 Å². The Hall–Kier alpha value is -1.85. The number of carbonyl (C=O) groups is 2. The first kappa shape index (κ1) is 14.6. The van der Waals surface area contributed by atoms with Gasteiger partial charge >= 0.3 is 5.97 Å². The third kappa shape index (κ3) is 3.37. The summed E-state index contributed by atoms with van der Waals surface area (Å²) in [5.41, 5.74) is 0.275. The van der Waals surface area contributed by atoms with Crippen LogP contribution in [0.4, 0.5) is 0 Å². The predicted molar refractivity (Wildman–Crippen MR) is 73.5 cm³/mol. The van der Waals surface area contributed by atoms with E-state index in [2.05, 4.69) is 17.3 Å². The monoisotopic (exact) mass is 279 g/mol. The molecular formula is C14H21N3O3. The Morgan fingerprint density at radius 1 is 1.40 bits per heavy atom. The van der Waals surface area contributed by atoms with Crippen LogP contribution < -0.4 is 5.32 Å². The summed E-state index contributed by atoms with van der Waals surface area (Å²) in [5, 5.41) is 15.9. The molecule has 1 aromatic heterocycles. The van der Waals surface area contributed by atoms with E-state index in [1.54, 1.807) is 6.07 Å². The smallest absolute Gasteiger partial charge is 0.328 e. The number of nitrogens with one attached hydrogen (secondary N) is 1. The average molecular weight is 279 g/mol. The Morgan fingerprint density at radius 3 is 2.65 bits per heavy atom. The second kappa shape index (κ2) is 6.07. The van der Waals surface area contributed by atoms with Crippen molar-refractivity contribution in [2.24, 2.45) is 5.92 Å². The number of carboxylic acids is 1. The van der Waals surface area contributed by atoms with Crippen molar-refractivity contribution in [2.75, 3.05) is 0 Å². The van der Waals surface area contributed by atoms with Gasteiger partial charge in [0.15, 0.2) is 0 Å². The van der Waals surface area contributed by atoms with Crippen molar-refractivity contribution in [1.82, 2.24) is 15.1 Å². The normalized spacial score (nSPS) is 24.1. The number of rotatable bonds is 4. The lowest BCUT2D eigenvalue weighted by Gasteiger charge is -2.26. The van der Waals surface area contributed by atoms with Crippen LogP contribution in [-0.2, 0) is 4.79 Å². The van der Waals surface area contributed by atoms with Crippen LogP contribution in [0.25, 0.3) is 0 Å². The Labute approximate surface area is 118 Å². The molecule has 1 unspecified atom stereocenters. The molecule has 1 aliphatic rings. The molecule has 1 fully saturated rings. The molecular weight excluding hydrogens is 258 g/mol. The van der Waals surface area contributed by atoms with Crippen LogP contribution >= 0.6 is 0 Å². The Kier molecular flexibility index (Phi) is 4.42. The number of hydrogen-bond acceptors (Lipinski definition) is 3. The first-order valence-electron chi connectivity index (χ1n) is 7.06. The first-order chi connectivity index (χ1) is 9.47. The fourth-order valence-electron chi connectivity index (χ4n) is 2.45. The van der Waals surface area contributed by atoms with E-state index in [4.69, 9.17) is 5.11 Å². The highest BCUT2D eigenvalue weighted by molar-refractivity contribution is 5.92. The van der Waals surface area contributed by atoms with Gasteiger partial charge < -0.3 is 10.4 Å². The molecule has 110 valence electrons. The number of carbonyl (C=O) groups excluding carboxylic acids is 1. The van der Waals surface area contributed by atoms with Crippen molar-refractivity contribution < 1.29 is 14.7 Å². The summed E-state index contributed by atoms with van der Waals surface area (Å²) < 4.78 is 1.29. The van der Waals surface area contributed by atoms with Gasteiger partial charge in [-0.15, -0.1) is 0 Å². The minimum absolute atomic E-state index is 0.209. The minimum atomic E-state index is -0.971. The Bertz CT molecular complexity index is 490. The second-order valence-electron chi connectivity index (χ2n) is 5.63. The highest BCUT2D eigenvalue weighted by Crippen LogP contribution is 2.23. The van der Waals surface area contributed by atoms with Crippen molar-refractivity contribution in [2.45, 2.75) is 51.6 Å². The SMILES string of the molecule is CC1CCC(NC(=O)c2ccn(C(C)C(=O)O)n2)CC1. The van der Waals surface area contributed by atoms with Gasteiger partial charge in [-0.1, -0.05) is 6.92 Å². The lowest BCUT2D eigenvalue weighted by Crippen LogP contribution is -2.37. The van der Waals surface area contributed by atoms with Crippen molar-refractivity contribution in [3.05, 3.63) is 18.0 Å².